The van der Waals surface area contributed by atoms with Gasteiger partial charge in [0, 0.05) is 23.7 Å². The lowest BCUT2D eigenvalue weighted by molar-refractivity contribution is -0.118. The Balaban J connectivity index is 1.47. The van der Waals surface area contributed by atoms with Crippen molar-refractivity contribution in [2.75, 3.05) is 17.8 Å². The van der Waals surface area contributed by atoms with E-state index < -0.39 is 0 Å². The fourth-order valence-corrected chi connectivity index (χ4v) is 5.64. The van der Waals surface area contributed by atoms with Gasteiger partial charge < -0.3 is 4.74 Å². The number of hydrogen-bond acceptors (Lipinski definition) is 6. The van der Waals surface area contributed by atoms with Crippen molar-refractivity contribution in [1.82, 2.24) is 9.97 Å². The van der Waals surface area contributed by atoms with E-state index in [1.165, 1.54) is 10.5 Å². The van der Waals surface area contributed by atoms with E-state index in [2.05, 4.69) is 31.0 Å². The summed E-state index contributed by atoms with van der Waals surface area (Å²) in [7, 11) is 1.67. The Morgan fingerprint density at radius 2 is 1.97 bits per heavy atom. The average molecular weight is 478 g/mol. The van der Waals surface area contributed by atoms with Crippen LogP contribution in [0, 0.1) is 13.8 Å². The summed E-state index contributed by atoms with van der Waals surface area (Å²) in [6.45, 7) is 4.63. The Labute approximate surface area is 202 Å². The number of aromatic nitrogens is 2. The molecule has 2 aromatic carbocycles. The summed E-state index contributed by atoms with van der Waals surface area (Å²) in [6.07, 6.45) is 4.82. The van der Waals surface area contributed by atoms with Crippen LogP contribution in [0.4, 0.5) is 5.13 Å². The van der Waals surface area contributed by atoms with Gasteiger partial charge in [-0.1, -0.05) is 23.5 Å². The zero-order chi connectivity index (χ0) is 23.2. The molecule has 0 aliphatic carbocycles. The van der Waals surface area contributed by atoms with E-state index in [4.69, 9.17) is 9.72 Å². The number of thiazole rings is 1. The minimum absolute atomic E-state index is 0.0858. The maximum Gasteiger partial charge on any atom is 0.229 e. The Kier molecular flexibility index (Phi) is 7.62. The monoisotopic (exact) mass is 477 g/mol. The van der Waals surface area contributed by atoms with Crippen molar-refractivity contribution in [1.29, 1.82) is 0 Å². The predicted octanol–water partition coefficient (Wildman–Crippen LogP) is 6.42. The van der Waals surface area contributed by atoms with Crippen LogP contribution >= 0.6 is 23.1 Å². The molecule has 7 heteroatoms. The lowest BCUT2D eigenvalue weighted by Crippen LogP contribution is -2.30. The van der Waals surface area contributed by atoms with Crippen LogP contribution in [0.15, 0.2) is 65.8 Å². The third kappa shape index (κ3) is 5.92. The minimum atomic E-state index is 0.0858. The number of ether oxygens (including phenoxy) is 1. The highest BCUT2D eigenvalue weighted by molar-refractivity contribution is 7.99. The number of carbonyl (C=O) groups excluding carboxylic acids is 1. The van der Waals surface area contributed by atoms with Gasteiger partial charge >= 0.3 is 0 Å². The van der Waals surface area contributed by atoms with Crippen molar-refractivity contribution < 1.29 is 9.53 Å². The molecule has 0 saturated carbocycles. The Bertz CT molecular complexity index is 1220. The van der Waals surface area contributed by atoms with Crippen LogP contribution in [0.25, 0.3) is 10.2 Å². The van der Waals surface area contributed by atoms with E-state index >= 15 is 0 Å². The summed E-state index contributed by atoms with van der Waals surface area (Å²) >= 11 is 3.33. The van der Waals surface area contributed by atoms with E-state index in [9.17, 15) is 4.79 Å². The Morgan fingerprint density at radius 1 is 1.15 bits per heavy atom. The fraction of sp³-hybridized carbons (Fsp3) is 0.269. The standard InChI is InChI=1S/C26H27N3O2S2/c1-18-14-19(2)25-23(15-18)33-26(28-25)29(17-20-6-4-12-27-16-20)24(30)7-5-13-32-22-10-8-21(31-3)9-11-22/h4,6,8-12,14-16H,5,7,13,17H2,1-3H3. The van der Waals surface area contributed by atoms with Crippen LogP contribution in [-0.2, 0) is 11.3 Å². The zero-order valence-electron chi connectivity index (χ0n) is 19.1. The molecule has 4 aromatic rings. The molecule has 1 amide bonds. The van der Waals surface area contributed by atoms with E-state index in [1.54, 1.807) is 36.4 Å². The van der Waals surface area contributed by atoms with Gasteiger partial charge in [-0.15, -0.1) is 11.8 Å². The molecule has 0 bridgehead atoms. The van der Waals surface area contributed by atoms with Gasteiger partial charge in [0.25, 0.3) is 0 Å². The van der Waals surface area contributed by atoms with Crippen molar-refractivity contribution in [2.45, 2.75) is 38.1 Å². The summed E-state index contributed by atoms with van der Waals surface area (Å²) in [4.78, 5) is 25.4. The molecule has 0 atom stereocenters. The maximum atomic E-state index is 13.3. The molecule has 4 rings (SSSR count). The molecule has 170 valence electrons. The van der Waals surface area contributed by atoms with Crippen LogP contribution in [0.2, 0.25) is 0 Å². The van der Waals surface area contributed by atoms with Gasteiger partial charge in [-0.25, -0.2) is 4.98 Å². The lowest BCUT2D eigenvalue weighted by Gasteiger charge is -2.20. The van der Waals surface area contributed by atoms with Crippen LogP contribution in [0.1, 0.15) is 29.5 Å². The number of benzene rings is 2. The van der Waals surface area contributed by atoms with Crippen molar-refractivity contribution in [3.63, 3.8) is 0 Å². The maximum absolute atomic E-state index is 13.3. The van der Waals surface area contributed by atoms with Crippen molar-refractivity contribution >= 4 is 44.4 Å². The van der Waals surface area contributed by atoms with E-state index in [-0.39, 0.29) is 5.91 Å². The van der Waals surface area contributed by atoms with Crippen LogP contribution in [-0.4, -0.2) is 28.7 Å². The molecule has 33 heavy (non-hydrogen) atoms. The minimum Gasteiger partial charge on any atom is -0.497 e. The highest BCUT2D eigenvalue weighted by Crippen LogP contribution is 2.33. The predicted molar refractivity (Wildman–Crippen MR) is 137 cm³/mol. The number of pyridine rings is 1. The number of aryl methyl sites for hydroxylation is 2. The third-order valence-corrected chi connectivity index (χ3v) is 7.40. The molecule has 2 heterocycles. The molecule has 0 unspecified atom stereocenters. The smallest absolute Gasteiger partial charge is 0.229 e. The average Bonchev–Trinajstić information content (AvgIpc) is 3.25. The van der Waals surface area contributed by atoms with E-state index in [0.29, 0.717) is 13.0 Å². The molecule has 5 nitrogen and oxygen atoms in total. The first-order valence-electron chi connectivity index (χ1n) is 10.9. The lowest BCUT2D eigenvalue weighted by atomic mass is 10.1. The summed E-state index contributed by atoms with van der Waals surface area (Å²) in [5, 5.41) is 0.746. The molecular formula is C26H27N3O2S2. The first-order valence-corrected chi connectivity index (χ1v) is 12.7. The largest absolute Gasteiger partial charge is 0.497 e. The first kappa shape index (κ1) is 23.3. The van der Waals surface area contributed by atoms with Gasteiger partial charge in [0.2, 0.25) is 5.91 Å². The second-order valence-corrected chi connectivity index (χ2v) is 10.1. The van der Waals surface area contributed by atoms with Gasteiger partial charge in [0.15, 0.2) is 5.13 Å². The van der Waals surface area contributed by atoms with Crippen LogP contribution in [0.5, 0.6) is 5.75 Å². The number of carbonyl (C=O) groups is 1. The topological polar surface area (TPSA) is 55.3 Å². The number of hydrogen-bond donors (Lipinski definition) is 0. The molecule has 0 aliphatic rings. The molecule has 0 spiro atoms. The van der Waals surface area contributed by atoms with Gasteiger partial charge in [-0.05, 0) is 79.1 Å². The third-order valence-electron chi connectivity index (χ3n) is 5.28. The summed E-state index contributed by atoms with van der Waals surface area (Å²) in [5.74, 6) is 1.81. The normalized spacial score (nSPS) is 11.0. The van der Waals surface area contributed by atoms with Crippen molar-refractivity contribution in [3.05, 3.63) is 77.6 Å². The number of thioether (sulfide) groups is 1. The summed E-state index contributed by atoms with van der Waals surface area (Å²) < 4.78 is 6.32. The zero-order valence-corrected chi connectivity index (χ0v) is 20.7. The molecular weight excluding hydrogens is 450 g/mol. The molecule has 0 fully saturated rings. The number of nitrogens with zero attached hydrogens (tertiary/aromatic N) is 3. The molecule has 2 aromatic heterocycles. The summed E-state index contributed by atoms with van der Waals surface area (Å²) in [5.41, 5.74) is 4.30. The fourth-order valence-electron chi connectivity index (χ4n) is 3.63. The van der Waals surface area contributed by atoms with E-state index in [1.807, 2.05) is 47.5 Å². The highest BCUT2D eigenvalue weighted by Gasteiger charge is 2.21. The molecule has 0 saturated heterocycles. The van der Waals surface area contributed by atoms with Crippen LogP contribution in [0.3, 0.4) is 0 Å². The number of amides is 1. The van der Waals surface area contributed by atoms with Crippen molar-refractivity contribution in [3.8, 4) is 5.75 Å². The second kappa shape index (κ2) is 10.8. The first-order chi connectivity index (χ1) is 16.0. The van der Waals surface area contributed by atoms with Gasteiger partial charge in [0.1, 0.15) is 5.75 Å². The molecule has 0 aliphatic heterocycles. The van der Waals surface area contributed by atoms with E-state index in [0.717, 1.165) is 44.4 Å². The number of rotatable bonds is 9. The second-order valence-electron chi connectivity index (χ2n) is 7.89. The van der Waals surface area contributed by atoms with Crippen LogP contribution < -0.4 is 9.64 Å². The highest BCUT2D eigenvalue weighted by atomic mass is 32.2. The quantitative estimate of drug-likeness (QED) is 0.206. The van der Waals surface area contributed by atoms with Gasteiger partial charge in [-0.2, -0.15) is 0 Å². The summed E-state index contributed by atoms with van der Waals surface area (Å²) in [6, 6.07) is 16.2. The molecule has 0 radical (unpaired) electrons. The van der Waals surface area contributed by atoms with Gasteiger partial charge in [0.05, 0.1) is 23.9 Å². The number of anilines is 1. The SMILES string of the molecule is COc1ccc(SCCCC(=O)N(Cc2cccnc2)c2nc3c(C)cc(C)cc3s2)cc1. The Morgan fingerprint density at radius 3 is 2.70 bits per heavy atom. The molecule has 0 N–H and O–H groups in total. The Hall–Kier alpha value is -2.90. The van der Waals surface area contributed by atoms with Gasteiger partial charge in [-0.3, -0.25) is 14.7 Å². The number of methoxy groups -OCH3 is 1. The number of fused-ring (bicyclic) bond motifs is 1. The van der Waals surface area contributed by atoms with Crippen molar-refractivity contribution in [2.24, 2.45) is 0 Å².